The molecule has 2 aliphatic rings. The number of carbonyl (C=O) groups is 1. The summed E-state index contributed by atoms with van der Waals surface area (Å²) in [5, 5.41) is 22.0. The summed E-state index contributed by atoms with van der Waals surface area (Å²) in [6.45, 7) is 4.45. The average molecular weight is 515 g/mol. The maximum Gasteiger partial charge on any atom is 0.282 e. The number of anilines is 1. The Hall–Kier alpha value is -2.88. The van der Waals surface area contributed by atoms with E-state index in [2.05, 4.69) is 34.3 Å². The number of aliphatic hydroxyl groups is 1. The molecular formula is C27H36F2N6O2. The highest BCUT2D eigenvalue weighted by Gasteiger charge is 2.29. The molecule has 0 spiro atoms. The molecule has 2 aliphatic carbocycles. The van der Waals surface area contributed by atoms with Crippen molar-refractivity contribution in [1.29, 1.82) is 0 Å². The number of nitrogens with zero attached hydrogens (tertiary/aromatic N) is 5. The van der Waals surface area contributed by atoms with Crippen LogP contribution in [0.5, 0.6) is 0 Å². The van der Waals surface area contributed by atoms with Crippen molar-refractivity contribution < 1.29 is 18.7 Å². The number of ketones is 1. The lowest BCUT2D eigenvalue weighted by Crippen LogP contribution is -2.36. The number of Topliss-reactive ketones (excluding diaryl/α,β-unsaturated/α-hetero) is 1. The van der Waals surface area contributed by atoms with Gasteiger partial charge in [0.2, 0.25) is 0 Å². The maximum atomic E-state index is 13.9. The summed E-state index contributed by atoms with van der Waals surface area (Å²) in [6.07, 6.45) is 8.94. The lowest BCUT2D eigenvalue weighted by atomic mass is 9.80. The molecule has 0 radical (unpaired) electrons. The molecular weight excluding hydrogens is 478 g/mol. The Labute approximate surface area is 215 Å². The van der Waals surface area contributed by atoms with Gasteiger partial charge in [-0.3, -0.25) is 9.48 Å². The van der Waals surface area contributed by atoms with E-state index in [-0.39, 0.29) is 41.1 Å². The summed E-state index contributed by atoms with van der Waals surface area (Å²) in [7, 11) is 0. The quantitative estimate of drug-likeness (QED) is 0.391. The number of halogens is 2. The molecule has 3 aromatic heterocycles. The molecule has 3 aromatic rings. The first-order valence-electron chi connectivity index (χ1n) is 13.5. The van der Waals surface area contributed by atoms with Gasteiger partial charge in [0.05, 0.1) is 29.9 Å². The van der Waals surface area contributed by atoms with Gasteiger partial charge in [-0.05, 0) is 56.4 Å². The number of aliphatic hydroxyl groups excluding tert-OH is 1. The molecule has 0 bridgehead atoms. The van der Waals surface area contributed by atoms with Crippen LogP contribution >= 0.6 is 0 Å². The zero-order valence-corrected chi connectivity index (χ0v) is 21.5. The zero-order valence-electron chi connectivity index (χ0n) is 21.5. The molecule has 0 amide bonds. The van der Waals surface area contributed by atoms with Gasteiger partial charge in [0.1, 0.15) is 11.5 Å². The van der Waals surface area contributed by atoms with E-state index < -0.39 is 12.5 Å². The van der Waals surface area contributed by atoms with Gasteiger partial charge in [-0.25, -0.2) is 18.3 Å². The summed E-state index contributed by atoms with van der Waals surface area (Å²) >= 11 is 0. The highest BCUT2D eigenvalue weighted by Crippen LogP contribution is 2.36. The first kappa shape index (κ1) is 25.8. The number of hydrogen-bond acceptors (Lipinski definition) is 6. The number of fused-ring (bicyclic) bond motifs is 1. The molecule has 2 fully saturated rings. The molecule has 0 aliphatic heterocycles. The van der Waals surface area contributed by atoms with Crippen LogP contribution in [0.3, 0.4) is 0 Å². The number of rotatable bonds is 8. The van der Waals surface area contributed by atoms with Gasteiger partial charge in [0.15, 0.2) is 11.4 Å². The SMILES string of the molecule is CC(C)C1CCC(n2cc(CC(=O)c3cnn4ccc(N[C@H]5CCCC[C@H]5O)nc34)c(C(F)F)n2)CC1. The minimum atomic E-state index is -2.75. The number of carbonyl (C=O) groups excluding carboxylic acids is 1. The summed E-state index contributed by atoms with van der Waals surface area (Å²) in [4.78, 5) is 17.9. The topological polar surface area (TPSA) is 97.3 Å². The standard InChI is InChI=1S/C27H36F2N6O2/c1-16(2)17-7-9-19(10-8-17)35-15-18(25(33-35)26(28)29)13-23(37)20-14-30-34-12-11-24(32-27(20)34)31-21-5-3-4-6-22(21)36/h11-12,14-17,19,21-22,26,36H,3-10,13H2,1-2H3,(H,31,32)/t17?,19?,21-,22+/m0/s1. The number of nitrogens with one attached hydrogen (secondary N) is 1. The molecule has 0 unspecified atom stereocenters. The Morgan fingerprint density at radius 1 is 1.16 bits per heavy atom. The first-order valence-corrected chi connectivity index (χ1v) is 13.5. The largest absolute Gasteiger partial charge is 0.391 e. The van der Waals surface area contributed by atoms with E-state index in [1.54, 1.807) is 23.1 Å². The van der Waals surface area contributed by atoms with Crippen LogP contribution < -0.4 is 5.32 Å². The van der Waals surface area contributed by atoms with Crippen LogP contribution in [0.15, 0.2) is 24.7 Å². The monoisotopic (exact) mass is 514 g/mol. The molecule has 0 aromatic carbocycles. The highest BCUT2D eigenvalue weighted by molar-refractivity contribution is 6.02. The second kappa shape index (κ2) is 10.8. The van der Waals surface area contributed by atoms with E-state index in [4.69, 9.17) is 0 Å². The Bertz CT molecular complexity index is 1230. The number of alkyl halides is 2. The Morgan fingerprint density at radius 3 is 2.62 bits per heavy atom. The van der Waals surface area contributed by atoms with E-state index in [9.17, 15) is 18.7 Å². The van der Waals surface area contributed by atoms with E-state index >= 15 is 0 Å². The van der Waals surface area contributed by atoms with Gasteiger partial charge < -0.3 is 10.4 Å². The zero-order chi connectivity index (χ0) is 26.1. The lowest BCUT2D eigenvalue weighted by molar-refractivity contribution is 0.0992. The van der Waals surface area contributed by atoms with Gasteiger partial charge in [-0.2, -0.15) is 10.2 Å². The van der Waals surface area contributed by atoms with Crippen molar-refractivity contribution in [3.8, 4) is 0 Å². The molecule has 10 heteroatoms. The molecule has 37 heavy (non-hydrogen) atoms. The van der Waals surface area contributed by atoms with Gasteiger partial charge in [-0.15, -0.1) is 0 Å². The molecule has 0 saturated heterocycles. The summed E-state index contributed by atoms with van der Waals surface area (Å²) in [5.74, 6) is 1.49. The Kier molecular flexibility index (Phi) is 7.55. The van der Waals surface area contributed by atoms with Crippen molar-refractivity contribution in [1.82, 2.24) is 24.4 Å². The van der Waals surface area contributed by atoms with Crippen molar-refractivity contribution in [3.05, 3.63) is 41.5 Å². The van der Waals surface area contributed by atoms with Crippen LogP contribution in [0.25, 0.3) is 5.65 Å². The predicted molar refractivity (Wildman–Crippen MR) is 136 cm³/mol. The van der Waals surface area contributed by atoms with Crippen LogP contribution in [-0.4, -0.2) is 47.4 Å². The number of aromatic nitrogens is 5. The van der Waals surface area contributed by atoms with Crippen LogP contribution in [-0.2, 0) is 6.42 Å². The maximum absolute atomic E-state index is 13.9. The Morgan fingerprint density at radius 2 is 1.92 bits per heavy atom. The number of hydrogen-bond donors (Lipinski definition) is 2. The summed E-state index contributed by atoms with van der Waals surface area (Å²) in [6, 6.07) is 1.74. The van der Waals surface area contributed by atoms with Crippen molar-refractivity contribution in [2.45, 2.75) is 96.2 Å². The van der Waals surface area contributed by atoms with Crippen LogP contribution in [0.4, 0.5) is 14.6 Å². The summed E-state index contributed by atoms with van der Waals surface area (Å²) < 4.78 is 30.9. The smallest absolute Gasteiger partial charge is 0.282 e. The van der Waals surface area contributed by atoms with E-state index in [1.165, 1.54) is 10.7 Å². The normalized spacial score (nSPS) is 24.7. The fraction of sp³-hybridized carbons (Fsp3) is 0.630. The molecule has 8 nitrogen and oxygen atoms in total. The van der Waals surface area contributed by atoms with E-state index in [1.807, 2.05) is 0 Å². The van der Waals surface area contributed by atoms with Gasteiger partial charge in [0, 0.05) is 24.4 Å². The average Bonchev–Trinajstić information content (AvgIpc) is 3.50. The van der Waals surface area contributed by atoms with Crippen molar-refractivity contribution in [2.24, 2.45) is 11.8 Å². The van der Waals surface area contributed by atoms with Gasteiger partial charge >= 0.3 is 0 Å². The molecule has 3 heterocycles. The molecule has 2 saturated carbocycles. The predicted octanol–water partition coefficient (Wildman–Crippen LogP) is 5.39. The van der Waals surface area contributed by atoms with E-state index in [0.29, 0.717) is 23.3 Å². The lowest BCUT2D eigenvalue weighted by Gasteiger charge is -2.30. The fourth-order valence-corrected chi connectivity index (χ4v) is 5.87. The van der Waals surface area contributed by atoms with Crippen LogP contribution in [0, 0.1) is 11.8 Å². The van der Waals surface area contributed by atoms with E-state index in [0.717, 1.165) is 51.4 Å². The van der Waals surface area contributed by atoms with Gasteiger partial charge in [0.25, 0.3) is 6.43 Å². The molecule has 200 valence electrons. The van der Waals surface area contributed by atoms with Crippen molar-refractivity contribution in [3.63, 3.8) is 0 Å². The second-order valence-corrected chi connectivity index (χ2v) is 11.0. The Balaban J connectivity index is 1.34. The third-order valence-electron chi connectivity index (χ3n) is 8.19. The summed E-state index contributed by atoms with van der Waals surface area (Å²) in [5.41, 5.74) is 0.568. The third kappa shape index (κ3) is 5.54. The second-order valence-electron chi connectivity index (χ2n) is 11.0. The minimum Gasteiger partial charge on any atom is -0.391 e. The molecule has 2 atom stereocenters. The van der Waals surface area contributed by atoms with Crippen molar-refractivity contribution in [2.75, 3.05) is 5.32 Å². The van der Waals surface area contributed by atoms with Crippen LogP contribution in [0.2, 0.25) is 0 Å². The van der Waals surface area contributed by atoms with Crippen molar-refractivity contribution >= 4 is 17.2 Å². The fourth-order valence-electron chi connectivity index (χ4n) is 5.87. The third-order valence-corrected chi connectivity index (χ3v) is 8.19. The molecule has 5 rings (SSSR count). The minimum absolute atomic E-state index is 0.0822. The van der Waals surface area contributed by atoms with Crippen LogP contribution in [0.1, 0.15) is 99.3 Å². The molecule has 2 N–H and O–H groups in total. The first-order chi connectivity index (χ1) is 17.8. The van der Waals surface area contributed by atoms with Gasteiger partial charge in [-0.1, -0.05) is 26.7 Å². The highest BCUT2D eigenvalue weighted by atomic mass is 19.3.